The summed E-state index contributed by atoms with van der Waals surface area (Å²) in [5, 5.41) is 2.45. The van der Waals surface area contributed by atoms with Crippen molar-refractivity contribution >= 4 is 57.0 Å². The van der Waals surface area contributed by atoms with Gasteiger partial charge >= 0.3 is 0 Å². The van der Waals surface area contributed by atoms with E-state index in [0.717, 1.165) is 45.3 Å². The molecule has 0 bridgehead atoms. The van der Waals surface area contributed by atoms with Gasteiger partial charge in [-0.05, 0) is 108 Å². The Morgan fingerprint density at radius 2 is 0.731 bits per heavy atom. The van der Waals surface area contributed by atoms with Gasteiger partial charge in [0.1, 0.15) is 0 Å². The van der Waals surface area contributed by atoms with Gasteiger partial charge in [0.05, 0.1) is 5.69 Å². The number of rotatable bonds is 9. The second-order valence-corrected chi connectivity index (χ2v) is 13.3. The molecule has 8 rings (SSSR count). The Bertz CT molecular complexity index is 2380. The first-order valence-corrected chi connectivity index (χ1v) is 17.8. The van der Waals surface area contributed by atoms with Crippen LogP contribution in [-0.2, 0) is 0 Å². The summed E-state index contributed by atoms with van der Waals surface area (Å²) < 4.78 is 0. The smallest absolute Gasteiger partial charge is 0.0540 e. The first-order chi connectivity index (χ1) is 25.6. The monoisotopic (exact) mass is 668 g/mol. The zero-order valence-corrected chi connectivity index (χ0v) is 29.5. The first kappa shape index (κ1) is 32.6. The van der Waals surface area contributed by atoms with Crippen molar-refractivity contribution in [1.29, 1.82) is 0 Å². The average molecular weight is 669 g/mol. The first-order valence-electron chi connectivity index (χ1n) is 17.8. The van der Waals surface area contributed by atoms with Gasteiger partial charge in [-0.3, -0.25) is 0 Å². The molecule has 0 heterocycles. The SMILES string of the molecule is Cc1ccc(N(c2ccc(C)cc2)c2ccc(-c3ccc(C=Cc4ccc(N(c5ccccc5)c5cccc6ccccc56)cc4)cc3)cc2)cc1. The van der Waals surface area contributed by atoms with Crippen LogP contribution in [0, 0.1) is 13.8 Å². The molecule has 0 atom stereocenters. The standard InChI is InChI=1S/C50H40N2/c1-37-15-29-45(30-16-37)51(46-31-17-38(2)18-32-46)47-35-27-42(28-36-47)41-25-21-39(22-26-41)19-20-40-23-33-48(34-24-40)52(44-11-4-3-5-12-44)50-14-8-10-43-9-6-7-13-49(43)50/h3-36H,1-2H3. The molecule has 0 aliphatic rings. The van der Waals surface area contributed by atoms with Crippen LogP contribution >= 0.6 is 0 Å². The number of hydrogen-bond donors (Lipinski definition) is 0. The van der Waals surface area contributed by atoms with Crippen LogP contribution in [0.4, 0.5) is 34.1 Å². The normalized spacial score (nSPS) is 11.2. The Kier molecular flexibility index (Phi) is 9.19. The molecule has 0 amide bonds. The highest BCUT2D eigenvalue weighted by Crippen LogP contribution is 2.39. The molecule has 0 saturated heterocycles. The highest BCUT2D eigenvalue weighted by Gasteiger charge is 2.15. The maximum atomic E-state index is 2.34. The molecule has 0 radical (unpaired) electrons. The van der Waals surface area contributed by atoms with Gasteiger partial charge in [-0.1, -0.05) is 151 Å². The predicted molar refractivity (Wildman–Crippen MR) is 224 cm³/mol. The largest absolute Gasteiger partial charge is 0.311 e. The zero-order chi connectivity index (χ0) is 35.3. The van der Waals surface area contributed by atoms with Gasteiger partial charge in [0.25, 0.3) is 0 Å². The second-order valence-electron chi connectivity index (χ2n) is 13.3. The summed E-state index contributed by atoms with van der Waals surface area (Å²) >= 11 is 0. The Morgan fingerprint density at radius 1 is 0.327 bits per heavy atom. The van der Waals surface area contributed by atoms with Gasteiger partial charge in [-0.15, -0.1) is 0 Å². The van der Waals surface area contributed by atoms with E-state index in [9.17, 15) is 0 Å². The van der Waals surface area contributed by atoms with Crippen molar-refractivity contribution in [2.45, 2.75) is 13.8 Å². The van der Waals surface area contributed by atoms with Crippen molar-refractivity contribution in [3.8, 4) is 11.1 Å². The third-order valence-corrected chi connectivity index (χ3v) is 9.60. The Hall–Kier alpha value is -6.64. The van der Waals surface area contributed by atoms with Crippen molar-refractivity contribution in [3.05, 3.63) is 216 Å². The summed E-state index contributed by atoms with van der Waals surface area (Å²) in [6, 6.07) is 69.6. The highest BCUT2D eigenvalue weighted by molar-refractivity contribution is 5.99. The molecule has 0 spiro atoms. The van der Waals surface area contributed by atoms with Crippen LogP contribution in [0.2, 0.25) is 0 Å². The maximum absolute atomic E-state index is 2.34. The van der Waals surface area contributed by atoms with Crippen LogP contribution in [0.25, 0.3) is 34.1 Å². The fraction of sp³-hybridized carbons (Fsp3) is 0.0400. The van der Waals surface area contributed by atoms with E-state index in [1.807, 2.05) is 0 Å². The molecule has 0 aliphatic carbocycles. The van der Waals surface area contributed by atoms with Crippen LogP contribution in [0.3, 0.4) is 0 Å². The van der Waals surface area contributed by atoms with Gasteiger partial charge in [-0.2, -0.15) is 0 Å². The molecule has 0 fully saturated rings. The fourth-order valence-electron chi connectivity index (χ4n) is 6.76. The summed E-state index contributed by atoms with van der Waals surface area (Å²) in [5.41, 5.74) is 14.0. The van der Waals surface area contributed by atoms with E-state index in [1.165, 1.54) is 33.0 Å². The minimum Gasteiger partial charge on any atom is -0.311 e. The third-order valence-electron chi connectivity index (χ3n) is 9.60. The van der Waals surface area contributed by atoms with Crippen LogP contribution in [-0.4, -0.2) is 0 Å². The molecule has 8 aromatic rings. The fourth-order valence-corrected chi connectivity index (χ4v) is 6.76. The molecule has 250 valence electrons. The topological polar surface area (TPSA) is 6.48 Å². The van der Waals surface area contributed by atoms with Crippen molar-refractivity contribution < 1.29 is 0 Å². The molecular weight excluding hydrogens is 629 g/mol. The van der Waals surface area contributed by atoms with Crippen molar-refractivity contribution in [2.75, 3.05) is 9.80 Å². The van der Waals surface area contributed by atoms with Crippen molar-refractivity contribution in [1.82, 2.24) is 0 Å². The Labute approximate surface area is 307 Å². The van der Waals surface area contributed by atoms with Gasteiger partial charge in [-0.25, -0.2) is 0 Å². The summed E-state index contributed by atoms with van der Waals surface area (Å²) in [5.74, 6) is 0. The van der Waals surface area contributed by atoms with Crippen LogP contribution in [0.1, 0.15) is 22.3 Å². The van der Waals surface area contributed by atoms with E-state index in [0.29, 0.717) is 0 Å². The second kappa shape index (κ2) is 14.7. The van der Waals surface area contributed by atoms with E-state index in [-0.39, 0.29) is 0 Å². The summed E-state index contributed by atoms with van der Waals surface area (Å²) in [6.45, 7) is 4.25. The Balaban J connectivity index is 1.00. The molecule has 2 heteroatoms. The maximum Gasteiger partial charge on any atom is 0.0540 e. The number of nitrogens with zero attached hydrogens (tertiary/aromatic N) is 2. The van der Waals surface area contributed by atoms with Crippen LogP contribution in [0.15, 0.2) is 194 Å². The number of hydrogen-bond acceptors (Lipinski definition) is 2. The minimum atomic E-state index is 1.12. The number of benzene rings is 8. The highest BCUT2D eigenvalue weighted by atomic mass is 15.1. The summed E-state index contributed by atoms with van der Waals surface area (Å²) in [4.78, 5) is 4.65. The molecule has 2 nitrogen and oxygen atoms in total. The average Bonchev–Trinajstić information content (AvgIpc) is 3.20. The van der Waals surface area contributed by atoms with E-state index >= 15 is 0 Å². The molecule has 0 saturated carbocycles. The number of para-hydroxylation sites is 1. The van der Waals surface area contributed by atoms with Crippen LogP contribution < -0.4 is 9.80 Å². The molecule has 0 aromatic heterocycles. The quantitative estimate of drug-likeness (QED) is 0.141. The number of fused-ring (bicyclic) bond motifs is 1. The molecule has 0 aliphatic heterocycles. The lowest BCUT2D eigenvalue weighted by Crippen LogP contribution is -2.10. The third kappa shape index (κ3) is 7.01. The van der Waals surface area contributed by atoms with Crippen molar-refractivity contribution in [2.24, 2.45) is 0 Å². The summed E-state index contributed by atoms with van der Waals surface area (Å²) in [6.07, 6.45) is 4.37. The molecule has 8 aromatic carbocycles. The summed E-state index contributed by atoms with van der Waals surface area (Å²) in [7, 11) is 0. The lowest BCUT2D eigenvalue weighted by Gasteiger charge is -2.27. The zero-order valence-electron chi connectivity index (χ0n) is 29.5. The van der Waals surface area contributed by atoms with Gasteiger partial charge < -0.3 is 9.80 Å². The van der Waals surface area contributed by atoms with E-state index in [2.05, 4.69) is 230 Å². The van der Waals surface area contributed by atoms with Gasteiger partial charge in [0.2, 0.25) is 0 Å². The lowest BCUT2D eigenvalue weighted by molar-refractivity contribution is 1.27. The molecule has 0 unspecified atom stereocenters. The lowest BCUT2D eigenvalue weighted by atomic mass is 10.0. The molecule has 0 N–H and O–H groups in total. The molecule has 52 heavy (non-hydrogen) atoms. The Morgan fingerprint density at radius 3 is 1.31 bits per heavy atom. The van der Waals surface area contributed by atoms with Crippen molar-refractivity contribution in [3.63, 3.8) is 0 Å². The molecular formula is C50H40N2. The van der Waals surface area contributed by atoms with Crippen LogP contribution in [0.5, 0.6) is 0 Å². The minimum absolute atomic E-state index is 1.12. The van der Waals surface area contributed by atoms with E-state index in [4.69, 9.17) is 0 Å². The van der Waals surface area contributed by atoms with E-state index < -0.39 is 0 Å². The van der Waals surface area contributed by atoms with Gasteiger partial charge in [0, 0.05) is 33.8 Å². The van der Waals surface area contributed by atoms with E-state index in [1.54, 1.807) is 0 Å². The predicted octanol–water partition coefficient (Wildman–Crippen LogP) is 14.2. The number of anilines is 6. The number of aryl methyl sites for hydroxylation is 2. The van der Waals surface area contributed by atoms with Gasteiger partial charge in [0.15, 0.2) is 0 Å².